The van der Waals surface area contributed by atoms with Gasteiger partial charge in [-0.3, -0.25) is 14.4 Å². The minimum absolute atomic E-state index is 0.0708. The monoisotopic (exact) mass is 1060 g/mol. The van der Waals surface area contributed by atoms with Crippen LogP contribution in [0, 0.1) is 0 Å². The van der Waals surface area contributed by atoms with Gasteiger partial charge in [-0.05, 0) is 83.5 Å². The Morgan fingerprint density at radius 2 is 0.513 bits per heavy atom. The Hall–Kier alpha value is -2.89. The molecule has 0 aliphatic carbocycles. The summed E-state index contributed by atoms with van der Waals surface area (Å²) in [5.41, 5.74) is 0. The minimum atomic E-state index is -0.770. The summed E-state index contributed by atoms with van der Waals surface area (Å²) in [6.45, 7) is 6.52. The first kappa shape index (κ1) is 73.1. The third-order valence-electron chi connectivity index (χ3n) is 14.8. The molecule has 0 bridgehead atoms. The van der Waals surface area contributed by atoms with Crippen molar-refractivity contribution in [3.63, 3.8) is 0 Å². The molecule has 0 heterocycles. The first-order valence-corrected chi connectivity index (χ1v) is 33.3. The predicted molar refractivity (Wildman–Crippen MR) is 330 cm³/mol. The zero-order valence-electron chi connectivity index (χ0n) is 50.8. The lowest BCUT2D eigenvalue weighted by Crippen LogP contribution is -2.30. The topological polar surface area (TPSA) is 78.9 Å². The average Bonchev–Trinajstić information content (AvgIpc) is 3.42. The first-order chi connectivity index (χ1) is 37.5. The van der Waals surface area contributed by atoms with Crippen LogP contribution >= 0.6 is 0 Å². The van der Waals surface area contributed by atoms with Crippen molar-refractivity contribution in [3.8, 4) is 0 Å². The summed E-state index contributed by atoms with van der Waals surface area (Å²) in [6.07, 6.45) is 82.8. The van der Waals surface area contributed by atoms with E-state index in [0.29, 0.717) is 19.3 Å². The third kappa shape index (κ3) is 62.0. The fourth-order valence-electron chi connectivity index (χ4n) is 9.79. The normalized spacial score (nSPS) is 12.4. The molecule has 0 fully saturated rings. The number of carbonyl (C=O) groups excluding carboxylic acids is 3. The Kier molecular flexibility index (Phi) is 62.2. The Morgan fingerprint density at radius 1 is 0.276 bits per heavy atom. The van der Waals surface area contributed by atoms with Crippen molar-refractivity contribution in [1.82, 2.24) is 0 Å². The number of rotatable bonds is 61. The second-order valence-electron chi connectivity index (χ2n) is 22.4. The quantitative estimate of drug-likeness (QED) is 0.0261. The van der Waals surface area contributed by atoms with Gasteiger partial charge >= 0.3 is 17.9 Å². The SMILES string of the molecule is CC/C=C\C/C=C\C/C=C\C/C=C\CCCCCCCCCCCCCCCCC(=O)OCC(COC(=O)CCCCCCCC)OC(=O)CCCCCCCCCCCCCCC/C=C\CCCCCCCCCC. The lowest BCUT2D eigenvalue weighted by molar-refractivity contribution is -0.167. The molecule has 0 amide bonds. The third-order valence-corrected chi connectivity index (χ3v) is 14.8. The van der Waals surface area contributed by atoms with Gasteiger partial charge in [0, 0.05) is 19.3 Å². The largest absolute Gasteiger partial charge is 0.462 e. The molecule has 76 heavy (non-hydrogen) atoms. The van der Waals surface area contributed by atoms with Crippen LogP contribution < -0.4 is 0 Å². The molecule has 442 valence electrons. The van der Waals surface area contributed by atoms with E-state index in [2.05, 4.69) is 81.5 Å². The van der Waals surface area contributed by atoms with Gasteiger partial charge < -0.3 is 14.2 Å². The van der Waals surface area contributed by atoms with Crippen LogP contribution in [0.15, 0.2) is 60.8 Å². The van der Waals surface area contributed by atoms with Gasteiger partial charge in [0.1, 0.15) is 13.2 Å². The van der Waals surface area contributed by atoms with E-state index in [1.807, 2.05) is 0 Å². The number of hydrogen-bond acceptors (Lipinski definition) is 6. The maximum absolute atomic E-state index is 12.9. The van der Waals surface area contributed by atoms with Crippen LogP contribution in [0.2, 0.25) is 0 Å². The molecule has 6 nitrogen and oxygen atoms in total. The molecular weight excluding hydrogens is 937 g/mol. The summed E-state index contributed by atoms with van der Waals surface area (Å²) in [7, 11) is 0. The van der Waals surface area contributed by atoms with E-state index in [-0.39, 0.29) is 31.1 Å². The van der Waals surface area contributed by atoms with Crippen LogP contribution in [0.4, 0.5) is 0 Å². The van der Waals surface area contributed by atoms with Crippen LogP contribution in [0.5, 0.6) is 0 Å². The highest BCUT2D eigenvalue weighted by molar-refractivity contribution is 5.71. The van der Waals surface area contributed by atoms with Gasteiger partial charge in [0.25, 0.3) is 0 Å². The van der Waals surface area contributed by atoms with E-state index in [1.54, 1.807) is 0 Å². The molecule has 0 rings (SSSR count). The van der Waals surface area contributed by atoms with E-state index in [1.165, 1.54) is 225 Å². The van der Waals surface area contributed by atoms with E-state index < -0.39 is 6.10 Å². The van der Waals surface area contributed by atoms with Crippen LogP contribution in [-0.4, -0.2) is 37.2 Å². The molecule has 6 heteroatoms. The number of ether oxygens (including phenoxy) is 3. The Labute approximate surface area is 472 Å². The lowest BCUT2D eigenvalue weighted by Gasteiger charge is -2.18. The van der Waals surface area contributed by atoms with Crippen molar-refractivity contribution < 1.29 is 28.6 Å². The molecule has 0 spiro atoms. The summed E-state index contributed by atoms with van der Waals surface area (Å²) in [4.78, 5) is 38.1. The predicted octanol–water partition coefficient (Wildman–Crippen LogP) is 22.7. The van der Waals surface area contributed by atoms with Gasteiger partial charge in [-0.25, -0.2) is 0 Å². The van der Waals surface area contributed by atoms with Gasteiger partial charge in [-0.1, -0.05) is 306 Å². The summed E-state index contributed by atoms with van der Waals surface area (Å²) in [6, 6.07) is 0. The molecule has 0 N–H and O–H groups in total. The second-order valence-corrected chi connectivity index (χ2v) is 22.4. The van der Waals surface area contributed by atoms with Crippen molar-refractivity contribution in [1.29, 1.82) is 0 Å². The van der Waals surface area contributed by atoms with Crippen molar-refractivity contribution in [2.75, 3.05) is 13.2 Å². The van der Waals surface area contributed by atoms with E-state index in [0.717, 1.165) is 83.5 Å². The van der Waals surface area contributed by atoms with Crippen molar-refractivity contribution in [3.05, 3.63) is 60.8 Å². The van der Waals surface area contributed by atoms with Crippen molar-refractivity contribution in [2.24, 2.45) is 0 Å². The smallest absolute Gasteiger partial charge is 0.306 e. The molecule has 0 aliphatic heterocycles. The average molecular weight is 1060 g/mol. The highest BCUT2D eigenvalue weighted by Gasteiger charge is 2.19. The minimum Gasteiger partial charge on any atom is -0.462 e. The fourth-order valence-corrected chi connectivity index (χ4v) is 9.79. The zero-order chi connectivity index (χ0) is 55.0. The second kappa shape index (κ2) is 64.6. The number of carbonyl (C=O) groups is 3. The molecule has 0 radical (unpaired) electrons. The lowest BCUT2D eigenvalue weighted by atomic mass is 10.0. The summed E-state index contributed by atoms with van der Waals surface area (Å²) in [5, 5.41) is 0. The van der Waals surface area contributed by atoms with Gasteiger partial charge in [0.15, 0.2) is 6.10 Å². The number of hydrogen-bond donors (Lipinski definition) is 0. The number of esters is 3. The molecule has 0 aromatic carbocycles. The standard InChI is InChI=1S/C70H126O6/c1-4-7-10-13-16-18-20-22-24-26-28-30-32-34-35-37-38-40-42-44-46-48-50-52-54-57-60-63-69(72)75-66-67(65-74-68(71)62-59-56-15-12-9-6-3)76-70(73)64-61-58-55-53-51-49-47-45-43-41-39-36-33-31-29-27-25-23-21-19-17-14-11-8-5-2/h7,10,16,18,22,24,27-30,67H,4-6,8-9,11-15,17,19-21,23,25-26,31-66H2,1-3H3/b10-7-,18-16-,24-22-,29-27-,30-28-. The molecule has 1 unspecified atom stereocenters. The Balaban J connectivity index is 4.03. The fraction of sp³-hybridized carbons (Fsp3) is 0.814. The van der Waals surface area contributed by atoms with Crippen LogP contribution in [0.25, 0.3) is 0 Å². The van der Waals surface area contributed by atoms with Gasteiger partial charge in [-0.15, -0.1) is 0 Å². The first-order valence-electron chi connectivity index (χ1n) is 33.3. The number of allylic oxidation sites excluding steroid dienone is 10. The highest BCUT2D eigenvalue weighted by atomic mass is 16.6. The van der Waals surface area contributed by atoms with E-state index in [9.17, 15) is 14.4 Å². The molecule has 0 saturated carbocycles. The van der Waals surface area contributed by atoms with Crippen molar-refractivity contribution in [2.45, 2.75) is 354 Å². The Bertz CT molecular complexity index is 1360. The molecule has 0 aromatic heterocycles. The molecule has 0 aliphatic rings. The maximum Gasteiger partial charge on any atom is 0.306 e. The van der Waals surface area contributed by atoms with Crippen molar-refractivity contribution >= 4 is 17.9 Å². The van der Waals surface area contributed by atoms with Gasteiger partial charge in [0.2, 0.25) is 0 Å². The van der Waals surface area contributed by atoms with Gasteiger partial charge in [0.05, 0.1) is 0 Å². The van der Waals surface area contributed by atoms with Gasteiger partial charge in [-0.2, -0.15) is 0 Å². The summed E-state index contributed by atoms with van der Waals surface area (Å²) in [5.74, 6) is -0.863. The highest BCUT2D eigenvalue weighted by Crippen LogP contribution is 2.17. The zero-order valence-corrected chi connectivity index (χ0v) is 50.8. The molecular formula is C70H126O6. The molecule has 0 aromatic rings. The van der Waals surface area contributed by atoms with E-state index >= 15 is 0 Å². The van der Waals surface area contributed by atoms with Crippen LogP contribution in [0.3, 0.4) is 0 Å². The van der Waals surface area contributed by atoms with E-state index in [4.69, 9.17) is 14.2 Å². The maximum atomic E-state index is 12.9. The Morgan fingerprint density at radius 3 is 0.816 bits per heavy atom. The molecule has 1 atom stereocenters. The molecule has 0 saturated heterocycles. The summed E-state index contributed by atoms with van der Waals surface area (Å²) < 4.78 is 16.8. The summed E-state index contributed by atoms with van der Waals surface area (Å²) >= 11 is 0. The van der Waals surface area contributed by atoms with Crippen LogP contribution in [-0.2, 0) is 28.6 Å². The van der Waals surface area contributed by atoms with Crippen LogP contribution in [0.1, 0.15) is 348 Å². The number of unbranched alkanes of at least 4 members (excludes halogenated alkanes) is 40.